The normalized spacial score (nSPS) is 27.7. The van der Waals surface area contributed by atoms with Crippen LogP contribution in [0.4, 0.5) is 4.79 Å². The minimum Gasteiger partial charge on any atom is -0.480 e. The van der Waals surface area contributed by atoms with E-state index >= 15 is 0 Å². The molecule has 2 atom stereocenters. The van der Waals surface area contributed by atoms with Crippen LogP contribution >= 0.6 is 0 Å². The lowest BCUT2D eigenvalue weighted by Gasteiger charge is -2.41. The average molecular weight is 318 g/mol. The Morgan fingerprint density at radius 1 is 1.22 bits per heavy atom. The molecular weight excluding hydrogens is 300 g/mol. The van der Waals surface area contributed by atoms with E-state index in [1.807, 2.05) is 30.3 Å². The molecule has 1 amide bonds. The highest BCUT2D eigenvalue weighted by Crippen LogP contribution is 2.42. The van der Waals surface area contributed by atoms with E-state index in [0.29, 0.717) is 6.54 Å². The number of likely N-dealkylation sites (tertiary alicyclic amines) is 2. The lowest BCUT2D eigenvalue weighted by Crippen LogP contribution is -2.58. The largest absolute Gasteiger partial charge is 0.480 e. The van der Waals surface area contributed by atoms with Gasteiger partial charge < -0.3 is 15.1 Å². The molecule has 0 radical (unpaired) electrons. The molecule has 7 heteroatoms. The number of benzene rings is 1. The predicted molar refractivity (Wildman–Crippen MR) is 79.9 cm³/mol. The van der Waals surface area contributed by atoms with Crippen molar-refractivity contribution in [2.45, 2.75) is 19.0 Å². The van der Waals surface area contributed by atoms with Gasteiger partial charge in [-0.3, -0.25) is 14.5 Å². The van der Waals surface area contributed by atoms with Crippen molar-refractivity contribution in [3.63, 3.8) is 0 Å². The molecule has 0 aromatic heterocycles. The molecule has 7 nitrogen and oxygen atoms in total. The zero-order valence-corrected chi connectivity index (χ0v) is 12.5. The summed E-state index contributed by atoms with van der Waals surface area (Å²) in [4.78, 5) is 38.5. The number of piperidine rings is 1. The summed E-state index contributed by atoms with van der Waals surface area (Å²) in [6.45, 7) is 0.586. The van der Waals surface area contributed by atoms with Crippen molar-refractivity contribution in [2.75, 3.05) is 19.6 Å². The number of nitrogens with zero attached hydrogens (tertiary/aromatic N) is 2. The number of rotatable bonds is 3. The number of hydrogen-bond donors (Lipinski definition) is 2. The summed E-state index contributed by atoms with van der Waals surface area (Å²) in [6, 6.07) is 8.82. The fraction of sp³-hybridized carbons (Fsp3) is 0.438. The van der Waals surface area contributed by atoms with Gasteiger partial charge in [0.15, 0.2) is 5.78 Å². The van der Waals surface area contributed by atoms with Gasteiger partial charge in [-0.1, -0.05) is 30.3 Å². The quantitative estimate of drug-likeness (QED) is 0.803. The first kappa shape index (κ1) is 15.5. The van der Waals surface area contributed by atoms with Crippen molar-refractivity contribution in [2.24, 2.45) is 5.41 Å². The van der Waals surface area contributed by atoms with Crippen LogP contribution in [0.2, 0.25) is 0 Å². The highest BCUT2D eigenvalue weighted by atomic mass is 16.4. The Hall–Kier alpha value is -2.41. The molecule has 2 aliphatic heterocycles. The second-order valence-corrected chi connectivity index (χ2v) is 6.08. The number of aliphatic carboxylic acids is 1. The Morgan fingerprint density at radius 3 is 2.52 bits per heavy atom. The Labute approximate surface area is 133 Å². The van der Waals surface area contributed by atoms with E-state index in [0.717, 1.165) is 5.56 Å². The zero-order valence-electron chi connectivity index (χ0n) is 12.5. The van der Waals surface area contributed by atoms with Gasteiger partial charge in [0, 0.05) is 19.6 Å². The molecule has 0 bridgehead atoms. The van der Waals surface area contributed by atoms with E-state index in [-0.39, 0.29) is 31.8 Å². The molecule has 3 rings (SSSR count). The third kappa shape index (κ3) is 2.46. The molecule has 2 aliphatic rings. The van der Waals surface area contributed by atoms with E-state index in [2.05, 4.69) is 0 Å². The maximum atomic E-state index is 12.5. The van der Waals surface area contributed by atoms with Crippen molar-refractivity contribution in [1.29, 1.82) is 0 Å². The fourth-order valence-electron chi connectivity index (χ4n) is 3.65. The molecule has 0 saturated carbocycles. The van der Waals surface area contributed by atoms with E-state index in [9.17, 15) is 24.6 Å². The molecule has 2 saturated heterocycles. The Bertz CT molecular complexity index is 647. The van der Waals surface area contributed by atoms with Crippen molar-refractivity contribution >= 4 is 17.8 Å². The van der Waals surface area contributed by atoms with Crippen molar-refractivity contribution in [3.8, 4) is 0 Å². The lowest BCUT2D eigenvalue weighted by molar-refractivity contribution is -0.157. The first-order valence-electron chi connectivity index (χ1n) is 7.47. The standard InChI is InChI=1S/C16H18N2O5/c19-13-10-18(8-11-4-2-1-3-5-11)12-9-17(15(22)23)7-6-16(12,13)14(20)21/h1-5,12H,6-10H2,(H,20,21)(H,22,23). The maximum Gasteiger partial charge on any atom is 0.407 e. The van der Waals surface area contributed by atoms with E-state index < -0.39 is 23.5 Å². The van der Waals surface area contributed by atoms with Crippen molar-refractivity contribution in [3.05, 3.63) is 35.9 Å². The van der Waals surface area contributed by atoms with Gasteiger partial charge in [0.2, 0.25) is 0 Å². The van der Waals surface area contributed by atoms with Gasteiger partial charge in [-0.15, -0.1) is 0 Å². The number of carboxylic acids is 1. The zero-order chi connectivity index (χ0) is 16.6. The van der Waals surface area contributed by atoms with E-state index in [4.69, 9.17) is 0 Å². The highest BCUT2D eigenvalue weighted by molar-refractivity contribution is 6.07. The van der Waals surface area contributed by atoms with Crippen molar-refractivity contribution < 1.29 is 24.6 Å². The summed E-state index contributed by atoms with van der Waals surface area (Å²) in [5.74, 6) is -1.47. The molecule has 0 spiro atoms. The van der Waals surface area contributed by atoms with Gasteiger partial charge in [0.05, 0.1) is 12.6 Å². The summed E-state index contributed by atoms with van der Waals surface area (Å²) in [6.07, 6.45) is -1.05. The first-order valence-corrected chi connectivity index (χ1v) is 7.47. The highest BCUT2D eigenvalue weighted by Gasteiger charge is 2.61. The number of carboxylic acid groups (broad SMARTS) is 2. The van der Waals surface area contributed by atoms with Crippen LogP contribution in [0.15, 0.2) is 30.3 Å². The summed E-state index contributed by atoms with van der Waals surface area (Å²) >= 11 is 0. The van der Waals surface area contributed by atoms with Gasteiger partial charge in [-0.2, -0.15) is 0 Å². The number of fused-ring (bicyclic) bond motifs is 1. The Morgan fingerprint density at radius 2 is 1.91 bits per heavy atom. The number of hydrogen-bond acceptors (Lipinski definition) is 4. The van der Waals surface area contributed by atoms with E-state index in [1.165, 1.54) is 4.90 Å². The Balaban J connectivity index is 1.91. The number of carbonyl (C=O) groups excluding carboxylic acids is 1. The second-order valence-electron chi connectivity index (χ2n) is 6.08. The minimum absolute atomic E-state index is 0.0312. The summed E-state index contributed by atoms with van der Waals surface area (Å²) < 4.78 is 0. The van der Waals surface area contributed by atoms with Gasteiger partial charge in [-0.05, 0) is 12.0 Å². The van der Waals surface area contributed by atoms with Crippen LogP contribution in [0.5, 0.6) is 0 Å². The summed E-state index contributed by atoms with van der Waals surface area (Å²) in [5, 5.41) is 18.9. The number of carbonyl (C=O) groups is 3. The minimum atomic E-state index is -1.49. The van der Waals surface area contributed by atoms with Crippen LogP contribution in [0.3, 0.4) is 0 Å². The summed E-state index contributed by atoms with van der Waals surface area (Å²) in [5.41, 5.74) is -0.519. The molecule has 1 aromatic rings. The molecular formula is C16H18N2O5. The molecule has 2 fully saturated rings. The predicted octanol–water partition coefficient (Wildman–Crippen LogP) is 0.895. The van der Waals surface area contributed by atoms with E-state index in [1.54, 1.807) is 4.90 Å². The fourth-order valence-corrected chi connectivity index (χ4v) is 3.65. The van der Waals surface area contributed by atoms with Crippen molar-refractivity contribution in [1.82, 2.24) is 9.80 Å². The van der Waals surface area contributed by atoms with Crippen LogP contribution < -0.4 is 0 Å². The molecule has 2 N–H and O–H groups in total. The topological polar surface area (TPSA) is 98.1 Å². The van der Waals surface area contributed by atoms with Crippen LogP contribution in [0.1, 0.15) is 12.0 Å². The van der Waals surface area contributed by atoms with Gasteiger partial charge in [0.1, 0.15) is 5.41 Å². The molecule has 1 aromatic carbocycles. The lowest BCUT2D eigenvalue weighted by atomic mass is 9.74. The SMILES string of the molecule is O=C(O)N1CCC2(C(=O)O)C(=O)CN(Cc3ccccc3)C2C1. The molecule has 2 heterocycles. The second kappa shape index (κ2) is 5.66. The maximum absolute atomic E-state index is 12.5. The number of ketones is 1. The number of amides is 1. The van der Waals surface area contributed by atoms with Gasteiger partial charge >= 0.3 is 12.1 Å². The molecule has 122 valence electrons. The molecule has 2 unspecified atom stereocenters. The smallest absolute Gasteiger partial charge is 0.407 e. The third-order valence-corrected chi connectivity index (χ3v) is 4.90. The average Bonchev–Trinajstić information content (AvgIpc) is 2.81. The van der Waals surface area contributed by atoms with Gasteiger partial charge in [-0.25, -0.2) is 4.79 Å². The van der Waals surface area contributed by atoms with Crippen LogP contribution in [-0.2, 0) is 16.1 Å². The molecule has 23 heavy (non-hydrogen) atoms. The van der Waals surface area contributed by atoms with Gasteiger partial charge in [0.25, 0.3) is 0 Å². The Kier molecular flexibility index (Phi) is 3.81. The monoisotopic (exact) mass is 318 g/mol. The first-order chi connectivity index (χ1) is 10.9. The van der Waals surface area contributed by atoms with Crippen LogP contribution in [0, 0.1) is 5.41 Å². The third-order valence-electron chi connectivity index (χ3n) is 4.90. The molecule has 0 aliphatic carbocycles. The summed E-state index contributed by atoms with van der Waals surface area (Å²) in [7, 11) is 0. The number of Topliss-reactive ketones (excluding diaryl/α,β-unsaturated/α-hetero) is 1. The van der Waals surface area contributed by atoms with Crippen LogP contribution in [-0.4, -0.2) is 63.5 Å². The van der Waals surface area contributed by atoms with Crippen LogP contribution in [0.25, 0.3) is 0 Å².